The lowest BCUT2D eigenvalue weighted by atomic mass is 10.0. The number of hydrogen-bond donors (Lipinski definition) is 2. The normalized spacial score (nSPS) is 11.1. The Morgan fingerprint density at radius 1 is 0.892 bits per heavy atom. The standard InChI is InChI=1S/C31H36N2O4/c1-3-4-5-6-10-20-32-31(36)33(2)28-15-11-14-27(22-28)26-18-16-24(17-19-26)21-29(30(34)35)37-23-25-12-8-7-9-13-25/h7-9,11-19,21-22H,3-6,10,20,23H2,1-2H3,(H,32,36)(H,34,35)/b29-21+. The van der Waals surface area contributed by atoms with Crippen molar-refractivity contribution >= 4 is 23.8 Å². The maximum Gasteiger partial charge on any atom is 0.371 e. The van der Waals surface area contributed by atoms with E-state index < -0.39 is 5.97 Å². The molecular weight excluding hydrogens is 464 g/mol. The Kier molecular flexibility index (Phi) is 10.8. The summed E-state index contributed by atoms with van der Waals surface area (Å²) >= 11 is 0. The van der Waals surface area contributed by atoms with Crippen molar-refractivity contribution in [2.45, 2.75) is 45.6 Å². The van der Waals surface area contributed by atoms with Gasteiger partial charge in [0.05, 0.1) is 0 Å². The highest BCUT2D eigenvalue weighted by molar-refractivity contribution is 5.92. The highest BCUT2D eigenvalue weighted by Gasteiger charge is 2.12. The molecule has 0 atom stereocenters. The molecule has 0 saturated heterocycles. The van der Waals surface area contributed by atoms with Crippen LogP contribution >= 0.6 is 0 Å². The quantitative estimate of drug-likeness (QED) is 0.149. The van der Waals surface area contributed by atoms with E-state index in [2.05, 4.69) is 12.2 Å². The lowest BCUT2D eigenvalue weighted by molar-refractivity contribution is -0.136. The average molecular weight is 501 g/mol. The third-order valence-electron chi connectivity index (χ3n) is 6.08. The Morgan fingerprint density at radius 2 is 1.62 bits per heavy atom. The Morgan fingerprint density at radius 3 is 2.32 bits per heavy atom. The summed E-state index contributed by atoms with van der Waals surface area (Å²) in [6, 6.07) is 24.7. The van der Waals surface area contributed by atoms with Crippen LogP contribution in [0.25, 0.3) is 17.2 Å². The van der Waals surface area contributed by atoms with Crippen molar-refractivity contribution in [1.82, 2.24) is 5.32 Å². The van der Waals surface area contributed by atoms with Crippen LogP contribution in [0.15, 0.2) is 84.6 Å². The van der Waals surface area contributed by atoms with Crippen molar-refractivity contribution in [3.05, 3.63) is 95.7 Å². The van der Waals surface area contributed by atoms with Gasteiger partial charge in [0.15, 0.2) is 0 Å². The van der Waals surface area contributed by atoms with E-state index in [0.717, 1.165) is 40.8 Å². The maximum absolute atomic E-state index is 12.6. The molecule has 2 amide bonds. The van der Waals surface area contributed by atoms with Crippen molar-refractivity contribution in [2.24, 2.45) is 0 Å². The molecule has 0 saturated carbocycles. The number of carboxylic acid groups (broad SMARTS) is 1. The van der Waals surface area contributed by atoms with Crippen molar-refractivity contribution in [1.29, 1.82) is 0 Å². The minimum Gasteiger partial charge on any atom is -0.482 e. The van der Waals surface area contributed by atoms with Gasteiger partial charge in [0, 0.05) is 19.3 Å². The number of carbonyl (C=O) groups excluding carboxylic acids is 1. The molecule has 0 aliphatic carbocycles. The summed E-state index contributed by atoms with van der Waals surface area (Å²) in [5.74, 6) is -1.23. The molecule has 0 fully saturated rings. The summed E-state index contributed by atoms with van der Waals surface area (Å²) in [5.41, 5.74) is 4.35. The van der Waals surface area contributed by atoms with Gasteiger partial charge in [-0.25, -0.2) is 9.59 Å². The lowest BCUT2D eigenvalue weighted by Crippen LogP contribution is -2.37. The minimum absolute atomic E-state index is 0.114. The molecular formula is C31H36N2O4. The second kappa shape index (κ2) is 14.5. The maximum atomic E-state index is 12.6. The number of benzene rings is 3. The number of rotatable bonds is 13. The average Bonchev–Trinajstić information content (AvgIpc) is 2.93. The van der Waals surface area contributed by atoms with Gasteiger partial charge in [-0.1, -0.05) is 99.3 Å². The zero-order valence-electron chi connectivity index (χ0n) is 21.7. The molecule has 37 heavy (non-hydrogen) atoms. The van der Waals surface area contributed by atoms with Crippen molar-refractivity contribution in [3.8, 4) is 11.1 Å². The number of nitrogens with zero attached hydrogens (tertiary/aromatic N) is 1. The van der Waals surface area contributed by atoms with Crippen LogP contribution in [0.5, 0.6) is 0 Å². The predicted octanol–water partition coefficient (Wildman–Crippen LogP) is 7.11. The molecule has 0 aliphatic rings. The molecule has 0 bridgehead atoms. The van der Waals surface area contributed by atoms with Gasteiger partial charge in [-0.05, 0) is 46.9 Å². The second-order valence-electron chi connectivity index (χ2n) is 8.97. The fourth-order valence-corrected chi connectivity index (χ4v) is 3.88. The summed E-state index contributed by atoms with van der Waals surface area (Å²) in [4.78, 5) is 25.9. The van der Waals surface area contributed by atoms with Crippen LogP contribution in [0.4, 0.5) is 10.5 Å². The molecule has 0 aliphatic heterocycles. The molecule has 6 heteroatoms. The number of anilines is 1. The molecule has 0 heterocycles. The van der Waals surface area contributed by atoms with E-state index in [0.29, 0.717) is 6.54 Å². The fourth-order valence-electron chi connectivity index (χ4n) is 3.88. The highest BCUT2D eigenvalue weighted by Crippen LogP contribution is 2.25. The highest BCUT2D eigenvalue weighted by atomic mass is 16.5. The number of hydrogen-bond acceptors (Lipinski definition) is 3. The number of ether oxygens (including phenoxy) is 1. The number of nitrogens with one attached hydrogen (secondary N) is 1. The number of carbonyl (C=O) groups is 2. The van der Waals surface area contributed by atoms with Crippen LogP contribution in [0.1, 0.15) is 50.2 Å². The molecule has 0 aromatic heterocycles. The number of carboxylic acids is 1. The van der Waals surface area contributed by atoms with Gasteiger partial charge < -0.3 is 15.2 Å². The Labute approximate surface area is 219 Å². The van der Waals surface area contributed by atoms with Crippen LogP contribution in [0, 0.1) is 0 Å². The summed E-state index contributed by atoms with van der Waals surface area (Å²) < 4.78 is 5.54. The zero-order chi connectivity index (χ0) is 26.5. The van der Waals surface area contributed by atoms with Gasteiger partial charge in [-0.3, -0.25) is 4.90 Å². The van der Waals surface area contributed by atoms with Crippen LogP contribution < -0.4 is 10.2 Å². The SMILES string of the molecule is CCCCCCCNC(=O)N(C)c1cccc(-c2ccc(/C=C(/OCc3ccccc3)C(=O)O)cc2)c1. The summed E-state index contributed by atoms with van der Waals surface area (Å²) in [6.45, 7) is 3.05. The fraction of sp³-hybridized carbons (Fsp3) is 0.290. The smallest absolute Gasteiger partial charge is 0.371 e. The summed E-state index contributed by atoms with van der Waals surface area (Å²) in [7, 11) is 1.77. The molecule has 0 unspecified atom stereocenters. The first-order valence-corrected chi connectivity index (χ1v) is 12.8. The van der Waals surface area contributed by atoms with Crippen molar-refractivity contribution in [2.75, 3.05) is 18.5 Å². The predicted molar refractivity (Wildman–Crippen MR) is 149 cm³/mol. The van der Waals surface area contributed by atoms with Crippen molar-refractivity contribution < 1.29 is 19.4 Å². The van der Waals surface area contributed by atoms with E-state index in [1.807, 2.05) is 78.9 Å². The van der Waals surface area contributed by atoms with Crippen LogP contribution in [0.2, 0.25) is 0 Å². The van der Waals surface area contributed by atoms with Gasteiger partial charge in [-0.2, -0.15) is 0 Å². The molecule has 3 aromatic rings. The first-order chi connectivity index (χ1) is 18.0. The van der Waals surface area contributed by atoms with E-state index in [1.54, 1.807) is 11.9 Å². The third-order valence-corrected chi connectivity index (χ3v) is 6.08. The molecule has 3 rings (SSSR count). The number of urea groups is 1. The van der Waals surface area contributed by atoms with Crippen molar-refractivity contribution in [3.63, 3.8) is 0 Å². The Balaban J connectivity index is 1.62. The van der Waals surface area contributed by atoms with E-state index in [-0.39, 0.29) is 18.4 Å². The van der Waals surface area contributed by atoms with E-state index in [1.165, 1.54) is 25.3 Å². The largest absolute Gasteiger partial charge is 0.482 e. The zero-order valence-corrected chi connectivity index (χ0v) is 21.7. The van der Waals surface area contributed by atoms with E-state index in [9.17, 15) is 14.7 Å². The van der Waals surface area contributed by atoms with Gasteiger partial charge in [-0.15, -0.1) is 0 Å². The molecule has 3 aromatic carbocycles. The number of amides is 2. The van der Waals surface area contributed by atoms with Crippen LogP contribution in [-0.2, 0) is 16.1 Å². The Hall–Kier alpha value is -4.06. The molecule has 0 spiro atoms. The second-order valence-corrected chi connectivity index (χ2v) is 8.97. The molecule has 2 N–H and O–H groups in total. The topological polar surface area (TPSA) is 78.9 Å². The summed E-state index contributed by atoms with van der Waals surface area (Å²) in [5, 5.41) is 12.5. The lowest BCUT2D eigenvalue weighted by Gasteiger charge is -2.19. The van der Waals surface area contributed by atoms with Gasteiger partial charge >= 0.3 is 12.0 Å². The van der Waals surface area contributed by atoms with Gasteiger partial charge in [0.1, 0.15) is 6.61 Å². The number of unbranched alkanes of at least 4 members (excludes halogenated alkanes) is 4. The first kappa shape index (κ1) is 27.5. The molecule has 6 nitrogen and oxygen atoms in total. The van der Waals surface area contributed by atoms with Gasteiger partial charge in [0.2, 0.25) is 5.76 Å². The minimum atomic E-state index is -1.12. The van der Waals surface area contributed by atoms with E-state index >= 15 is 0 Å². The third kappa shape index (κ3) is 8.83. The van der Waals surface area contributed by atoms with Gasteiger partial charge in [0.25, 0.3) is 0 Å². The monoisotopic (exact) mass is 500 g/mol. The first-order valence-electron chi connectivity index (χ1n) is 12.8. The molecule has 0 radical (unpaired) electrons. The van der Waals surface area contributed by atoms with Crippen LogP contribution in [0.3, 0.4) is 0 Å². The summed E-state index contributed by atoms with van der Waals surface area (Å²) in [6.07, 6.45) is 7.29. The number of aliphatic carboxylic acids is 1. The van der Waals surface area contributed by atoms with E-state index in [4.69, 9.17) is 4.74 Å². The molecule has 194 valence electrons. The Bertz CT molecular complexity index is 1170. The van der Waals surface area contributed by atoms with Crippen LogP contribution in [-0.4, -0.2) is 30.7 Å².